The smallest absolute Gasteiger partial charge is 0.303 e. The normalized spacial score (nSPS) is 10.5. The second kappa shape index (κ2) is 9.17. The summed E-state index contributed by atoms with van der Waals surface area (Å²) in [6.07, 6.45) is 1.64. The number of hydrogen-bond acceptors (Lipinski definition) is 4. The van der Waals surface area contributed by atoms with Gasteiger partial charge >= 0.3 is 5.97 Å². The number of carboxylic acid groups (broad SMARTS) is 1. The molecule has 24 heavy (non-hydrogen) atoms. The fraction of sp³-hybridized carbons (Fsp3) is 0.389. The van der Waals surface area contributed by atoms with Crippen LogP contribution in [0.3, 0.4) is 0 Å². The van der Waals surface area contributed by atoms with Gasteiger partial charge in [-0.1, -0.05) is 37.3 Å². The van der Waals surface area contributed by atoms with E-state index in [4.69, 9.17) is 5.11 Å². The number of carbonyl (C=O) groups excluding carboxylic acids is 1. The van der Waals surface area contributed by atoms with Crippen molar-refractivity contribution in [3.63, 3.8) is 0 Å². The topological polar surface area (TPSA) is 70.5 Å². The zero-order valence-corrected chi connectivity index (χ0v) is 14.6. The van der Waals surface area contributed by atoms with Gasteiger partial charge in [-0.15, -0.1) is 11.3 Å². The van der Waals surface area contributed by atoms with E-state index in [0.717, 1.165) is 22.7 Å². The van der Waals surface area contributed by atoms with Crippen LogP contribution >= 0.6 is 11.3 Å². The number of hydrogen-bond donors (Lipinski definition) is 1. The van der Waals surface area contributed by atoms with Crippen LogP contribution in [0.4, 0.5) is 0 Å². The van der Waals surface area contributed by atoms with Crippen molar-refractivity contribution in [3.8, 4) is 0 Å². The molecule has 0 atom stereocenters. The van der Waals surface area contributed by atoms with Crippen molar-refractivity contribution in [2.75, 3.05) is 6.54 Å². The average molecular weight is 346 g/mol. The van der Waals surface area contributed by atoms with Crippen molar-refractivity contribution in [2.24, 2.45) is 0 Å². The molecule has 1 aromatic carbocycles. The summed E-state index contributed by atoms with van der Waals surface area (Å²) in [5.74, 6) is -0.855. The minimum absolute atomic E-state index is 0.0165. The van der Waals surface area contributed by atoms with Gasteiger partial charge in [0.2, 0.25) is 5.91 Å². The number of carboxylic acids is 1. The molecule has 0 saturated carbocycles. The zero-order chi connectivity index (χ0) is 17.4. The van der Waals surface area contributed by atoms with Gasteiger partial charge in [-0.25, -0.2) is 4.98 Å². The highest BCUT2D eigenvalue weighted by atomic mass is 32.1. The molecule has 0 aliphatic heterocycles. The molecule has 0 radical (unpaired) electrons. The van der Waals surface area contributed by atoms with Crippen LogP contribution in [-0.2, 0) is 29.0 Å². The predicted molar refractivity (Wildman–Crippen MR) is 93.9 cm³/mol. The number of carbonyl (C=O) groups is 2. The third-order valence-corrected chi connectivity index (χ3v) is 4.66. The Morgan fingerprint density at radius 3 is 2.62 bits per heavy atom. The minimum atomic E-state index is -0.839. The first-order chi connectivity index (χ1) is 11.6. The molecular formula is C18H22N2O3S. The standard InChI is InChI=1S/C18H22N2O3S/c1-2-16-19-15(13-24-16)11-17(21)20(10-6-9-18(22)23)12-14-7-4-3-5-8-14/h3-5,7-8,13H,2,6,9-12H2,1H3,(H,22,23). The summed E-state index contributed by atoms with van der Waals surface area (Å²) in [5.41, 5.74) is 1.83. The molecule has 0 spiro atoms. The molecule has 2 rings (SSSR count). The summed E-state index contributed by atoms with van der Waals surface area (Å²) in [6.45, 7) is 2.97. The molecule has 0 saturated heterocycles. The Hall–Kier alpha value is -2.21. The van der Waals surface area contributed by atoms with Gasteiger partial charge in [0.25, 0.3) is 0 Å². The molecule has 1 amide bonds. The highest BCUT2D eigenvalue weighted by molar-refractivity contribution is 7.09. The van der Waals surface area contributed by atoms with Crippen molar-refractivity contribution in [1.82, 2.24) is 9.88 Å². The molecule has 0 bridgehead atoms. The van der Waals surface area contributed by atoms with Crippen LogP contribution < -0.4 is 0 Å². The largest absolute Gasteiger partial charge is 0.481 e. The van der Waals surface area contributed by atoms with E-state index >= 15 is 0 Å². The van der Waals surface area contributed by atoms with E-state index in [-0.39, 0.29) is 18.7 Å². The maximum atomic E-state index is 12.6. The highest BCUT2D eigenvalue weighted by Gasteiger charge is 2.16. The van der Waals surface area contributed by atoms with Crippen LogP contribution in [0, 0.1) is 0 Å². The van der Waals surface area contributed by atoms with E-state index in [1.807, 2.05) is 42.6 Å². The van der Waals surface area contributed by atoms with Crippen LogP contribution in [0.1, 0.15) is 36.0 Å². The van der Waals surface area contributed by atoms with Crippen LogP contribution in [0.5, 0.6) is 0 Å². The van der Waals surface area contributed by atoms with E-state index < -0.39 is 5.97 Å². The zero-order valence-electron chi connectivity index (χ0n) is 13.8. The van der Waals surface area contributed by atoms with Gasteiger partial charge in [0.15, 0.2) is 0 Å². The molecule has 0 aliphatic rings. The number of nitrogens with zero attached hydrogens (tertiary/aromatic N) is 2. The van der Waals surface area contributed by atoms with Crippen molar-refractivity contribution in [3.05, 3.63) is 52.0 Å². The summed E-state index contributed by atoms with van der Waals surface area (Å²) in [4.78, 5) is 29.5. The number of benzene rings is 1. The van der Waals surface area contributed by atoms with E-state index in [9.17, 15) is 9.59 Å². The van der Waals surface area contributed by atoms with Crippen molar-refractivity contribution in [1.29, 1.82) is 0 Å². The van der Waals surface area contributed by atoms with Gasteiger partial charge in [-0.05, 0) is 18.4 Å². The second-order valence-corrected chi connectivity index (χ2v) is 6.50. The van der Waals surface area contributed by atoms with E-state index in [1.165, 1.54) is 0 Å². The van der Waals surface area contributed by atoms with E-state index in [1.54, 1.807) is 16.2 Å². The Balaban J connectivity index is 2.02. The molecule has 128 valence electrons. The van der Waals surface area contributed by atoms with E-state index in [2.05, 4.69) is 4.98 Å². The van der Waals surface area contributed by atoms with Gasteiger partial charge in [0.05, 0.1) is 17.1 Å². The Labute approximate surface area is 146 Å². The maximum Gasteiger partial charge on any atom is 0.303 e. The number of aromatic nitrogens is 1. The van der Waals surface area contributed by atoms with Gasteiger partial charge in [0, 0.05) is 24.9 Å². The lowest BCUT2D eigenvalue weighted by molar-refractivity contribution is -0.138. The molecule has 1 N–H and O–H groups in total. The second-order valence-electron chi connectivity index (χ2n) is 5.56. The maximum absolute atomic E-state index is 12.6. The lowest BCUT2D eigenvalue weighted by atomic mass is 10.2. The fourth-order valence-corrected chi connectivity index (χ4v) is 3.12. The summed E-state index contributed by atoms with van der Waals surface area (Å²) in [5, 5.41) is 11.8. The molecule has 1 heterocycles. The molecule has 0 unspecified atom stereocenters. The van der Waals surface area contributed by atoms with Gasteiger partial charge in [0.1, 0.15) is 0 Å². The Kier molecular flexibility index (Phi) is 6.93. The molecule has 1 aromatic heterocycles. The van der Waals surface area contributed by atoms with Gasteiger partial charge in [-0.3, -0.25) is 9.59 Å². The van der Waals surface area contributed by atoms with Gasteiger partial charge in [-0.2, -0.15) is 0 Å². The molecule has 5 nitrogen and oxygen atoms in total. The van der Waals surface area contributed by atoms with Crippen LogP contribution in [0.25, 0.3) is 0 Å². The average Bonchev–Trinajstić information content (AvgIpc) is 3.02. The predicted octanol–water partition coefficient (Wildman–Crippen LogP) is 3.14. The summed E-state index contributed by atoms with van der Waals surface area (Å²) in [6, 6.07) is 9.74. The molecule has 0 aliphatic carbocycles. The monoisotopic (exact) mass is 346 g/mol. The lowest BCUT2D eigenvalue weighted by Gasteiger charge is -2.22. The molecule has 0 fully saturated rings. The first-order valence-corrected chi connectivity index (χ1v) is 8.93. The summed E-state index contributed by atoms with van der Waals surface area (Å²) >= 11 is 1.57. The van der Waals surface area contributed by atoms with Gasteiger partial charge < -0.3 is 10.0 Å². The number of rotatable bonds is 9. The number of amides is 1. The quantitative estimate of drug-likeness (QED) is 0.757. The van der Waals surface area contributed by atoms with Crippen LogP contribution in [0.15, 0.2) is 35.7 Å². The number of aliphatic carboxylic acids is 1. The molecule has 6 heteroatoms. The summed E-state index contributed by atoms with van der Waals surface area (Å²) < 4.78 is 0. The lowest BCUT2D eigenvalue weighted by Crippen LogP contribution is -2.33. The van der Waals surface area contributed by atoms with Crippen LogP contribution in [0.2, 0.25) is 0 Å². The molecular weight excluding hydrogens is 324 g/mol. The SMILES string of the molecule is CCc1nc(CC(=O)N(CCCC(=O)O)Cc2ccccc2)cs1. The molecule has 2 aromatic rings. The van der Waals surface area contributed by atoms with Crippen LogP contribution in [-0.4, -0.2) is 33.4 Å². The number of aryl methyl sites for hydroxylation is 1. The fourth-order valence-electron chi connectivity index (χ4n) is 2.38. The van der Waals surface area contributed by atoms with E-state index in [0.29, 0.717) is 19.5 Å². The third-order valence-electron chi connectivity index (χ3n) is 3.62. The Morgan fingerprint density at radius 1 is 1.25 bits per heavy atom. The Morgan fingerprint density at radius 2 is 2.00 bits per heavy atom. The van der Waals surface area contributed by atoms with Crippen molar-refractivity contribution in [2.45, 2.75) is 39.2 Å². The summed E-state index contributed by atoms with van der Waals surface area (Å²) in [7, 11) is 0. The van der Waals surface area contributed by atoms with Crippen molar-refractivity contribution >= 4 is 23.2 Å². The minimum Gasteiger partial charge on any atom is -0.481 e. The first-order valence-electron chi connectivity index (χ1n) is 8.05. The third kappa shape index (κ3) is 5.77. The first kappa shape index (κ1) is 18.1. The number of thiazole rings is 1. The van der Waals surface area contributed by atoms with Crippen molar-refractivity contribution < 1.29 is 14.7 Å². The Bertz CT molecular complexity index is 670. The highest BCUT2D eigenvalue weighted by Crippen LogP contribution is 2.13.